The Morgan fingerprint density at radius 1 is 1.42 bits per heavy atom. The standard InChI is InChI=1S/C16H20FN5O.ClH/c1-11-8-12(2-3-14(11)17)9-19-16(23)15-10-22(21-20-15)13-4-6-18-7-5-13;/h2-3,8,10,13,18H,4-7,9H2,1H3,(H,19,23);1H. The lowest BCUT2D eigenvalue weighted by atomic mass is 10.1. The van der Waals surface area contributed by atoms with Crippen LogP contribution in [0.1, 0.15) is 40.5 Å². The second-order valence-electron chi connectivity index (χ2n) is 5.83. The number of halogens is 2. The van der Waals surface area contributed by atoms with Gasteiger partial charge in [0.2, 0.25) is 0 Å². The fraction of sp³-hybridized carbons (Fsp3) is 0.438. The zero-order chi connectivity index (χ0) is 16.2. The summed E-state index contributed by atoms with van der Waals surface area (Å²) >= 11 is 0. The average molecular weight is 354 g/mol. The monoisotopic (exact) mass is 353 g/mol. The Balaban J connectivity index is 0.00000208. The van der Waals surface area contributed by atoms with Crippen LogP contribution in [0.25, 0.3) is 0 Å². The molecule has 0 spiro atoms. The third kappa shape index (κ3) is 4.30. The molecular weight excluding hydrogens is 333 g/mol. The molecule has 1 saturated heterocycles. The fourth-order valence-electron chi connectivity index (χ4n) is 2.72. The highest BCUT2D eigenvalue weighted by atomic mass is 35.5. The molecule has 6 nitrogen and oxygen atoms in total. The van der Waals surface area contributed by atoms with Crippen LogP contribution in [0, 0.1) is 12.7 Å². The van der Waals surface area contributed by atoms with Crippen molar-refractivity contribution in [1.82, 2.24) is 25.6 Å². The van der Waals surface area contributed by atoms with Crippen molar-refractivity contribution < 1.29 is 9.18 Å². The van der Waals surface area contributed by atoms with E-state index in [0.717, 1.165) is 31.5 Å². The maximum Gasteiger partial charge on any atom is 0.273 e. The molecule has 130 valence electrons. The maximum absolute atomic E-state index is 13.2. The largest absolute Gasteiger partial charge is 0.347 e. The number of aromatic nitrogens is 3. The van der Waals surface area contributed by atoms with Crippen molar-refractivity contribution in [2.45, 2.75) is 32.4 Å². The molecule has 1 aromatic carbocycles. The Labute approximate surface area is 146 Å². The van der Waals surface area contributed by atoms with Crippen molar-refractivity contribution in [3.63, 3.8) is 0 Å². The molecule has 0 radical (unpaired) electrons. The Kier molecular flexibility index (Phi) is 6.28. The molecule has 2 N–H and O–H groups in total. The lowest BCUT2D eigenvalue weighted by Gasteiger charge is -2.22. The lowest BCUT2D eigenvalue weighted by Crippen LogP contribution is -2.29. The zero-order valence-corrected chi connectivity index (χ0v) is 14.3. The third-order valence-corrected chi connectivity index (χ3v) is 4.10. The summed E-state index contributed by atoms with van der Waals surface area (Å²) in [5.74, 6) is -0.517. The molecular formula is C16H21ClFN5O. The molecule has 24 heavy (non-hydrogen) atoms. The van der Waals surface area contributed by atoms with E-state index in [1.54, 1.807) is 29.9 Å². The van der Waals surface area contributed by atoms with Crippen LogP contribution >= 0.6 is 12.4 Å². The van der Waals surface area contributed by atoms with Gasteiger partial charge in [-0.2, -0.15) is 0 Å². The summed E-state index contributed by atoms with van der Waals surface area (Å²) in [5.41, 5.74) is 1.72. The van der Waals surface area contributed by atoms with E-state index in [1.165, 1.54) is 6.07 Å². The molecule has 0 atom stereocenters. The van der Waals surface area contributed by atoms with E-state index in [9.17, 15) is 9.18 Å². The van der Waals surface area contributed by atoms with Crippen molar-refractivity contribution in [1.29, 1.82) is 0 Å². The van der Waals surface area contributed by atoms with Crippen LogP contribution in [0.4, 0.5) is 4.39 Å². The van der Waals surface area contributed by atoms with E-state index >= 15 is 0 Å². The third-order valence-electron chi connectivity index (χ3n) is 4.10. The van der Waals surface area contributed by atoms with Gasteiger partial charge in [0.1, 0.15) is 5.82 Å². The summed E-state index contributed by atoms with van der Waals surface area (Å²) in [5, 5.41) is 14.1. The van der Waals surface area contributed by atoms with Gasteiger partial charge in [0.05, 0.1) is 12.2 Å². The maximum atomic E-state index is 13.2. The SMILES string of the molecule is Cc1cc(CNC(=O)c2cn(C3CCNCC3)nn2)ccc1F.Cl. The number of hydrogen-bond donors (Lipinski definition) is 2. The van der Waals surface area contributed by atoms with Gasteiger partial charge >= 0.3 is 0 Å². The molecule has 1 aliphatic heterocycles. The number of piperidine rings is 1. The highest BCUT2D eigenvalue weighted by molar-refractivity contribution is 5.91. The molecule has 0 bridgehead atoms. The second kappa shape index (κ2) is 8.21. The number of benzene rings is 1. The van der Waals surface area contributed by atoms with Gasteiger partial charge < -0.3 is 10.6 Å². The Morgan fingerprint density at radius 3 is 2.88 bits per heavy atom. The Bertz CT molecular complexity index is 700. The number of nitrogens with zero attached hydrogens (tertiary/aromatic N) is 3. The number of nitrogens with one attached hydrogen (secondary N) is 2. The van der Waals surface area contributed by atoms with Crippen molar-refractivity contribution in [3.05, 3.63) is 47.0 Å². The quantitative estimate of drug-likeness (QED) is 0.882. The fourth-order valence-corrected chi connectivity index (χ4v) is 2.72. The topological polar surface area (TPSA) is 71.8 Å². The minimum Gasteiger partial charge on any atom is -0.347 e. The van der Waals surface area contributed by atoms with Crippen LogP contribution in [0.5, 0.6) is 0 Å². The molecule has 8 heteroatoms. The summed E-state index contributed by atoms with van der Waals surface area (Å²) < 4.78 is 15.0. The molecule has 0 saturated carbocycles. The van der Waals surface area contributed by atoms with Crippen LogP contribution in [0.3, 0.4) is 0 Å². The average Bonchev–Trinajstić information content (AvgIpc) is 3.06. The Hall–Kier alpha value is -1.99. The number of amides is 1. The number of carbonyl (C=O) groups excluding carboxylic acids is 1. The summed E-state index contributed by atoms with van der Waals surface area (Å²) in [6.07, 6.45) is 3.67. The van der Waals surface area contributed by atoms with Crippen molar-refractivity contribution in [3.8, 4) is 0 Å². The molecule has 1 fully saturated rings. The van der Waals surface area contributed by atoms with Crippen LogP contribution < -0.4 is 10.6 Å². The normalized spacial score (nSPS) is 14.9. The summed E-state index contributed by atoms with van der Waals surface area (Å²) in [6, 6.07) is 5.09. The number of aryl methyl sites for hydroxylation is 1. The van der Waals surface area contributed by atoms with E-state index < -0.39 is 0 Å². The second-order valence-corrected chi connectivity index (χ2v) is 5.83. The first-order valence-corrected chi connectivity index (χ1v) is 7.79. The summed E-state index contributed by atoms with van der Waals surface area (Å²) in [4.78, 5) is 12.2. The van der Waals surface area contributed by atoms with E-state index in [0.29, 0.717) is 23.8 Å². The number of carbonyl (C=O) groups is 1. The summed E-state index contributed by atoms with van der Waals surface area (Å²) in [7, 11) is 0. The smallest absolute Gasteiger partial charge is 0.273 e. The van der Waals surface area contributed by atoms with Gasteiger partial charge in [-0.1, -0.05) is 17.3 Å². The number of hydrogen-bond acceptors (Lipinski definition) is 4. The lowest BCUT2D eigenvalue weighted by molar-refractivity contribution is 0.0946. The Morgan fingerprint density at radius 2 is 2.17 bits per heavy atom. The molecule has 1 amide bonds. The molecule has 1 aliphatic rings. The number of rotatable bonds is 4. The van der Waals surface area contributed by atoms with Gasteiger partial charge in [-0.05, 0) is 50.0 Å². The van der Waals surface area contributed by atoms with E-state index in [2.05, 4.69) is 20.9 Å². The zero-order valence-electron chi connectivity index (χ0n) is 13.5. The van der Waals surface area contributed by atoms with E-state index in [-0.39, 0.29) is 24.1 Å². The minimum absolute atomic E-state index is 0. The molecule has 1 aromatic heterocycles. The van der Waals surface area contributed by atoms with Crippen molar-refractivity contribution >= 4 is 18.3 Å². The first-order valence-electron chi connectivity index (χ1n) is 7.79. The highest BCUT2D eigenvalue weighted by Crippen LogP contribution is 2.17. The van der Waals surface area contributed by atoms with Gasteiger partial charge in [-0.3, -0.25) is 4.79 Å². The van der Waals surface area contributed by atoms with Gasteiger partial charge in [-0.25, -0.2) is 9.07 Å². The van der Waals surface area contributed by atoms with E-state index in [4.69, 9.17) is 0 Å². The first-order chi connectivity index (χ1) is 11.1. The predicted molar refractivity (Wildman–Crippen MR) is 90.7 cm³/mol. The predicted octanol–water partition coefficient (Wildman–Crippen LogP) is 2.00. The molecule has 0 aliphatic carbocycles. The van der Waals surface area contributed by atoms with Gasteiger partial charge in [0.15, 0.2) is 5.69 Å². The molecule has 3 rings (SSSR count). The highest BCUT2D eigenvalue weighted by Gasteiger charge is 2.18. The molecule has 0 unspecified atom stereocenters. The molecule has 2 heterocycles. The summed E-state index contributed by atoms with van der Waals surface area (Å²) in [6.45, 7) is 3.94. The minimum atomic E-state index is -0.271. The van der Waals surface area contributed by atoms with Crippen LogP contribution in [0.2, 0.25) is 0 Å². The molecule has 2 aromatic rings. The van der Waals surface area contributed by atoms with Gasteiger partial charge in [0, 0.05) is 6.54 Å². The van der Waals surface area contributed by atoms with E-state index in [1.807, 2.05) is 0 Å². The van der Waals surface area contributed by atoms with Crippen molar-refractivity contribution in [2.24, 2.45) is 0 Å². The van der Waals surface area contributed by atoms with Gasteiger partial charge in [0.25, 0.3) is 5.91 Å². The van der Waals surface area contributed by atoms with Crippen molar-refractivity contribution in [2.75, 3.05) is 13.1 Å². The van der Waals surface area contributed by atoms with Crippen LogP contribution in [0.15, 0.2) is 24.4 Å². The first kappa shape index (κ1) is 18.4. The van der Waals surface area contributed by atoms with Crippen LogP contribution in [-0.4, -0.2) is 34.0 Å². The van der Waals surface area contributed by atoms with Crippen LogP contribution in [-0.2, 0) is 6.54 Å². The van der Waals surface area contributed by atoms with Gasteiger partial charge in [-0.15, -0.1) is 17.5 Å².